The van der Waals surface area contributed by atoms with Crippen molar-refractivity contribution >= 4 is 10.2 Å². The van der Waals surface area contributed by atoms with E-state index in [0.717, 1.165) is 25.7 Å². The van der Waals surface area contributed by atoms with Gasteiger partial charge in [-0.25, -0.2) is 4.72 Å². The normalized spacial score (nSPS) is 26.2. The van der Waals surface area contributed by atoms with Crippen LogP contribution in [0.25, 0.3) is 0 Å². The molecular weight excluding hydrogens is 271 g/mol. The molecule has 108 valence electrons. The number of nitrogens with one attached hydrogen (secondary N) is 2. The van der Waals surface area contributed by atoms with Gasteiger partial charge in [0.25, 0.3) is 10.2 Å². The van der Waals surface area contributed by atoms with Crippen LogP contribution in [0.3, 0.4) is 0 Å². The summed E-state index contributed by atoms with van der Waals surface area (Å²) in [5.74, 6) is -0.0128. The Balaban J connectivity index is 2.36. The van der Waals surface area contributed by atoms with Gasteiger partial charge in [-0.05, 0) is 18.8 Å². The van der Waals surface area contributed by atoms with E-state index in [9.17, 15) is 21.6 Å². The highest BCUT2D eigenvalue weighted by atomic mass is 32.2. The number of hydrogen-bond acceptors (Lipinski definition) is 3. The lowest BCUT2D eigenvalue weighted by molar-refractivity contribution is -0.121. The molecule has 4 N–H and O–H groups in total. The Labute approximate surface area is 104 Å². The summed E-state index contributed by atoms with van der Waals surface area (Å²) >= 11 is 0. The number of hydrogen-bond donors (Lipinski definition) is 3. The van der Waals surface area contributed by atoms with E-state index < -0.39 is 22.9 Å². The van der Waals surface area contributed by atoms with Crippen LogP contribution in [0.1, 0.15) is 25.7 Å². The van der Waals surface area contributed by atoms with E-state index in [-0.39, 0.29) is 18.5 Å². The number of nitrogens with two attached hydrogens (primary N) is 1. The Morgan fingerprint density at radius 3 is 2.33 bits per heavy atom. The number of rotatable bonds is 5. The highest BCUT2D eigenvalue weighted by Crippen LogP contribution is 2.22. The van der Waals surface area contributed by atoms with Crippen molar-refractivity contribution in [1.29, 1.82) is 0 Å². The van der Waals surface area contributed by atoms with E-state index in [4.69, 9.17) is 5.73 Å². The predicted molar refractivity (Wildman–Crippen MR) is 60.9 cm³/mol. The Morgan fingerprint density at radius 1 is 1.17 bits per heavy atom. The Morgan fingerprint density at radius 2 is 1.78 bits per heavy atom. The van der Waals surface area contributed by atoms with Gasteiger partial charge in [-0.1, -0.05) is 12.8 Å². The van der Waals surface area contributed by atoms with Crippen molar-refractivity contribution in [3.8, 4) is 0 Å². The molecule has 5 nitrogen and oxygen atoms in total. The maximum absolute atomic E-state index is 11.9. The molecule has 9 heteroatoms. The monoisotopic (exact) mass is 289 g/mol. The SMILES string of the molecule is NC1CCCCC1CNS(=O)(=O)NCC(F)(F)F. The van der Waals surface area contributed by atoms with Crippen molar-refractivity contribution in [3.63, 3.8) is 0 Å². The first-order valence-corrected chi connectivity index (χ1v) is 7.24. The molecule has 0 radical (unpaired) electrons. The van der Waals surface area contributed by atoms with Crippen LogP contribution in [-0.4, -0.2) is 33.7 Å². The second-order valence-corrected chi connectivity index (χ2v) is 6.08. The lowest BCUT2D eigenvalue weighted by atomic mass is 9.85. The fourth-order valence-electron chi connectivity index (χ4n) is 1.93. The largest absolute Gasteiger partial charge is 0.402 e. The molecule has 2 atom stereocenters. The molecule has 0 amide bonds. The van der Waals surface area contributed by atoms with Crippen molar-refractivity contribution < 1.29 is 21.6 Å². The third-order valence-corrected chi connectivity index (χ3v) is 4.04. The summed E-state index contributed by atoms with van der Waals surface area (Å²) < 4.78 is 61.7. The topological polar surface area (TPSA) is 84.2 Å². The van der Waals surface area contributed by atoms with Crippen LogP contribution in [0.2, 0.25) is 0 Å². The van der Waals surface area contributed by atoms with Crippen LogP contribution in [0.4, 0.5) is 13.2 Å². The summed E-state index contributed by atoms with van der Waals surface area (Å²) in [4.78, 5) is 0. The van der Waals surface area contributed by atoms with Crippen LogP contribution in [0.15, 0.2) is 0 Å². The first-order valence-electron chi connectivity index (χ1n) is 5.76. The van der Waals surface area contributed by atoms with E-state index in [1.807, 2.05) is 0 Å². The molecule has 0 aromatic heterocycles. The van der Waals surface area contributed by atoms with Gasteiger partial charge in [-0.3, -0.25) is 0 Å². The summed E-state index contributed by atoms with van der Waals surface area (Å²) in [5.41, 5.74) is 5.82. The highest BCUT2D eigenvalue weighted by Gasteiger charge is 2.30. The molecule has 1 rings (SSSR count). The van der Waals surface area contributed by atoms with Crippen LogP contribution in [-0.2, 0) is 10.2 Å². The molecule has 1 aliphatic carbocycles. The van der Waals surface area contributed by atoms with E-state index in [1.165, 1.54) is 4.72 Å². The molecule has 0 aromatic carbocycles. The predicted octanol–water partition coefficient (Wildman–Crippen LogP) is 0.490. The van der Waals surface area contributed by atoms with Crippen LogP contribution < -0.4 is 15.2 Å². The molecule has 1 fully saturated rings. The zero-order chi connectivity index (χ0) is 13.8. The molecule has 2 unspecified atom stereocenters. The summed E-state index contributed by atoms with van der Waals surface area (Å²) in [5, 5.41) is 0. The maximum atomic E-state index is 11.9. The second-order valence-electron chi connectivity index (χ2n) is 4.50. The summed E-state index contributed by atoms with van der Waals surface area (Å²) in [6.07, 6.45) is -0.964. The standard InChI is InChI=1S/C9H18F3N3O2S/c10-9(11,12)6-15-18(16,17)14-5-7-3-1-2-4-8(7)13/h7-8,14-15H,1-6,13H2. The van der Waals surface area contributed by atoms with Crippen LogP contribution in [0, 0.1) is 5.92 Å². The van der Waals surface area contributed by atoms with Gasteiger partial charge in [0.15, 0.2) is 0 Å². The summed E-state index contributed by atoms with van der Waals surface area (Å²) in [6.45, 7) is -1.49. The van der Waals surface area contributed by atoms with E-state index in [2.05, 4.69) is 4.72 Å². The van der Waals surface area contributed by atoms with E-state index >= 15 is 0 Å². The number of halogens is 3. The fourth-order valence-corrected chi connectivity index (χ4v) is 2.82. The first kappa shape index (κ1) is 15.7. The smallest absolute Gasteiger partial charge is 0.327 e. The minimum atomic E-state index is -4.56. The minimum absolute atomic E-state index is 0.0128. The van der Waals surface area contributed by atoms with Gasteiger partial charge >= 0.3 is 6.18 Å². The first-order chi connectivity index (χ1) is 8.20. The molecule has 0 bridgehead atoms. The molecule has 0 saturated heterocycles. The third-order valence-electron chi connectivity index (χ3n) is 2.97. The quantitative estimate of drug-likeness (QED) is 0.688. The Kier molecular flexibility index (Phi) is 5.38. The molecule has 0 aromatic rings. The Hall–Kier alpha value is -0.380. The molecule has 18 heavy (non-hydrogen) atoms. The van der Waals surface area contributed by atoms with Gasteiger partial charge in [-0.15, -0.1) is 0 Å². The fraction of sp³-hybridized carbons (Fsp3) is 1.00. The average Bonchev–Trinajstić information content (AvgIpc) is 2.25. The van der Waals surface area contributed by atoms with Gasteiger partial charge < -0.3 is 5.73 Å². The van der Waals surface area contributed by atoms with Crippen LogP contribution in [0.5, 0.6) is 0 Å². The zero-order valence-corrected chi connectivity index (χ0v) is 10.6. The van der Waals surface area contributed by atoms with E-state index in [1.54, 1.807) is 0 Å². The van der Waals surface area contributed by atoms with Gasteiger partial charge in [0, 0.05) is 12.6 Å². The molecular formula is C9H18F3N3O2S. The second kappa shape index (κ2) is 6.18. The van der Waals surface area contributed by atoms with Crippen molar-refractivity contribution in [2.75, 3.05) is 13.1 Å². The minimum Gasteiger partial charge on any atom is -0.327 e. The molecule has 0 spiro atoms. The molecule has 1 saturated carbocycles. The highest BCUT2D eigenvalue weighted by molar-refractivity contribution is 7.87. The molecule has 0 heterocycles. The van der Waals surface area contributed by atoms with Crippen molar-refractivity contribution in [2.45, 2.75) is 37.9 Å². The Bertz CT molecular complexity index is 359. The van der Waals surface area contributed by atoms with Crippen LogP contribution >= 0.6 is 0 Å². The van der Waals surface area contributed by atoms with Crippen molar-refractivity contribution in [2.24, 2.45) is 11.7 Å². The van der Waals surface area contributed by atoms with Gasteiger partial charge in [0.1, 0.15) is 6.54 Å². The molecule has 0 aliphatic heterocycles. The van der Waals surface area contributed by atoms with Crippen molar-refractivity contribution in [1.82, 2.24) is 9.44 Å². The third kappa shape index (κ3) is 5.98. The summed E-state index contributed by atoms with van der Waals surface area (Å²) in [6, 6.07) is -0.0935. The lowest BCUT2D eigenvalue weighted by Crippen LogP contribution is -2.46. The van der Waals surface area contributed by atoms with Gasteiger partial charge in [-0.2, -0.15) is 26.3 Å². The lowest BCUT2D eigenvalue weighted by Gasteiger charge is -2.28. The van der Waals surface area contributed by atoms with Gasteiger partial charge in [0.05, 0.1) is 0 Å². The average molecular weight is 289 g/mol. The van der Waals surface area contributed by atoms with E-state index in [0.29, 0.717) is 0 Å². The van der Waals surface area contributed by atoms with Gasteiger partial charge in [0.2, 0.25) is 0 Å². The van der Waals surface area contributed by atoms with Crippen molar-refractivity contribution in [3.05, 3.63) is 0 Å². The summed E-state index contributed by atoms with van der Waals surface area (Å²) in [7, 11) is -4.11. The molecule has 1 aliphatic rings. The number of alkyl halides is 3. The zero-order valence-electron chi connectivity index (χ0n) is 9.83. The maximum Gasteiger partial charge on any atom is 0.402 e.